The molecule has 3 aromatic rings. The molecule has 2 aromatic carbocycles. The molecule has 8 heteroatoms. The maximum Gasteiger partial charge on any atom is 0.234 e. The molecule has 0 spiro atoms. The van der Waals surface area contributed by atoms with Gasteiger partial charge in [-0.2, -0.15) is 4.98 Å². The van der Waals surface area contributed by atoms with Crippen molar-refractivity contribution < 1.29 is 14.1 Å². The molecule has 0 aliphatic heterocycles. The lowest BCUT2D eigenvalue weighted by molar-refractivity contribution is -0.113. The lowest BCUT2D eigenvalue weighted by Gasteiger charge is -2.13. The molecule has 1 aromatic heterocycles. The van der Waals surface area contributed by atoms with Gasteiger partial charge in [0, 0.05) is 11.9 Å². The fourth-order valence-corrected chi connectivity index (χ4v) is 3.07. The number of benzene rings is 2. The summed E-state index contributed by atoms with van der Waals surface area (Å²) in [5, 5.41) is 7.15. The summed E-state index contributed by atoms with van der Waals surface area (Å²) in [5.74, 6) is 2.84. The van der Waals surface area contributed by atoms with Crippen LogP contribution in [0.5, 0.6) is 11.5 Å². The summed E-state index contributed by atoms with van der Waals surface area (Å²) in [6, 6.07) is 12.8. The minimum Gasteiger partial charge on any atom is -0.455 e. The van der Waals surface area contributed by atoms with Crippen LogP contribution < -0.4 is 10.1 Å². The van der Waals surface area contributed by atoms with Gasteiger partial charge in [-0.15, -0.1) is 11.8 Å². The number of amides is 1. The smallest absolute Gasteiger partial charge is 0.234 e. The number of hydrogen-bond donors (Lipinski definition) is 1. The summed E-state index contributed by atoms with van der Waals surface area (Å²) < 4.78 is 10.8. The molecule has 3 rings (SSSR count). The molecule has 0 aliphatic rings. The molecule has 1 N–H and O–H groups in total. The monoisotopic (exact) mass is 403 g/mol. The quantitative estimate of drug-likeness (QED) is 0.597. The van der Waals surface area contributed by atoms with E-state index in [2.05, 4.69) is 15.5 Å². The summed E-state index contributed by atoms with van der Waals surface area (Å²) in [7, 11) is 0. The zero-order chi connectivity index (χ0) is 19.2. The lowest BCUT2D eigenvalue weighted by atomic mass is 10.2. The number of nitrogens with zero attached hydrogens (tertiary/aromatic N) is 2. The van der Waals surface area contributed by atoms with Crippen LogP contribution in [0.3, 0.4) is 0 Å². The molecule has 1 amide bonds. The second-order valence-corrected chi connectivity index (χ2v) is 7.25. The number of carbonyl (C=O) groups is 1. The predicted molar refractivity (Wildman–Crippen MR) is 107 cm³/mol. The van der Waals surface area contributed by atoms with E-state index in [1.165, 1.54) is 11.8 Å². The number of halogens is 1. The highest BCUT2D eigenvalue weighted by Crippen LogP contribution is 2.32. The van der Waals surface area contributed by atoms with E-state index >= 15 is 0 Å². The summed E-state index contributed by atoms with van der Waals surface area (Å²) in [5.41, 5.74) is 1.66. The second kappa shape index (κ2) is 8.92. The van der Waals surface area contributed by atoms with Crippen LogP contribution in [0.2, 0.25) is 5.02 Å². The first-order valence-electron chi connectivity index (χ1n) is 8.20. The number of aromatic nitrogens is 2. The Morgan fingerprint density at radius 3 is 2.70 bits per heavy atom. The predicted octanol–water partition coefficient (Wildman–Crippen LogP) is 5.00. The van der Waals surface area contributed by atoms with Crippen molar-refractivity contribution in [2.75, 3.05) is 11.1 Å². The molecular formula is C19H18ClN3O3S. The van der Waals surface area contributed by atoms with Crippen molar-refractivity contribution in [1.82, 2.24) is 10.1 Å². The van der Waals surface area contributed by atoms with E-state index in [4.69, 9.17) is 20.9 Å². The number of nitrogens with one attached hydrogen (secondary N) is 1. The third-order valence-electron chi connectivity index (χ3n) is 3.50. The molecule has 0 radical (unpaired) electrons. The Labute approximate surface area is 166 Å². The molecule has 0 saturated carbocycles. The Bertz CT molecular complexity index is 928. The van der Waals surface area contributed by atoms with E-state index in [0.717, 1.165) is 5.56 Å². The maximum absolute atomic E-state index is 12.3. The zero-order valence-electron chi connectivity index (χ0n) is 14.9. The van der Waals surface area contributed by atoms with Gasteiger partial charge in [0.15, 0.2) is 11.6 Å². The highest BCUT2D eigenvalue weighted by molar-refractivity contribution is 7.99. The molecule has 6 nitrogen and oxygen atoms in total. The Balaban J connectivity index is 1.61. The molecule has 0 atom stereocenters. The molecular weight excluding hydrogens is 386 g/mol. The van der Waals surface area contributed by atoms with Crippen LogP contribution in [0.15, 0.2) is 47.0 Å². The lowest BCUT2D eigenvalue weighted by Crippen LogP contribution is -2.15. The molecule has 0 unspecified atom stereocenters. The molecule has 140 valence electrons. The van der Waals surface area contributed by atoms with Crippen molar-refractivity contribution in [2.24, 2.45) is 0 Å². The maximum atomic E-state index is 12.3. The number of rotatable bonds is 7. The summed E-state index contributed by atoms with van der Waals surface area (Å²) in [4.78, 5) is 16.4. The van der Waals surface area contributed by atoms with Gasteiger partial charge < -0.3 is 14.6 Å². The van der Waals surface area contributed by atoms with E-state index in [9.17, 15) is 4.79 Å². The van der Waals surface area contributed by atoms with Gasteiger partial charge in [0.2, 0.25) is 11.8 Å². The Hall–Kier alpha value is -2.51. The highest BCUT2D eigenvalue weighted by atomic mass is 35.5. The summed E-state index contributed by atoms with van der Waals surface area (Å²) >= 11 is 7.46. The number of thioether (sulfide) groups is 1. The van der Waals surface area contributed by atoms with E-state index in [1.54, 1.807) is 25.1 Å². The van der Waals surface area contributed by atoms with Crippen LogP contribution in [0.4, 0.5) is 5.69 Å². The Morgan fingerprint density at radius 2 is 2.00 bits per heavy atom. The van der Waals surface area contributed by atoms with Crippen molar-refractivity contribution in [2.45, 2.75) is 19.6 Å². The number of hydrogen-bond acceptors (Lipinski definition) is 6. The first kappa shape index (κ1) is 19.3. The second-order valence-electron chi connectivity index (χ2n) is 5.83. The van der Waals surface area contributed by atoms with Gasteiger partial charge in [-0.25, -0.2) is 0 Å². The normalized spacial score (nSPS) is 10.6. The van der Waals surface area contributed by atoms with Crippen LogP contribution in [0, 0.1) is 13.8 Å². The SMILES string of the molecule is Cc1ccc(Oc2ccc(Cl)cc2NC(=O)CSCc2noc(C)n2)cc1. The van der Waals surface area contributed by atoms with E-state index < -0.39 is 0 Å². The van der Waals surface area contributed by atoms with Crippen LogP contribution in [0.1, 0.15) is 17.3 Å². The molecule has 0 aliphatic carbocycles. The van der Waals surface area contributed by atoms with Gasteiger partial charge in [0.25, 0.3) is 0 Å². The first-order valence-corrected chi connectivity index (χ1v) is 9.74. The zero-order valence-corrected chi connectivity index (χ0v) is 16.4. The average Bonchev–Trinajstić information content (AvgIpc) is 3.04. The Morgan fingerprint density at radius 1 is 1.22 bits per heavy atom. The summed E-state index contributed by atoms with van der Waals surface area (Å²) in [6.45, 7) is 3.73. The standard InChI is InChI=1S/C19H18ClN3O3S/c1-12-3-6-15(7-4-12)25-17-8-5-14(20)9-16(17)22-19(24)11-27-10-18-21-13(2)26-23-18/h3-9H,10-11H2,1-2H3,(H,22,24). The van der Waals surface area contributed by atoms with Crippen LogP contribution in [0.25, 0.3) is 0 Å². The van der Waals surface area contributed by atoms with Gasteiger partial charge in [-0.1, -0.05) is 34.5 Å². The van der Waals surface area contributed by atoms with E-state index in [0.29, 0.717) is 39.7 Å². The molecule has 0 saturated heterocycles. The molecule has 1 heterocycles. The van der Waals surface area contributed by atoms with Crippen LogP contribution in [-0.4, -0.2) is 21.8 Å². The number of ether oxygens (including phenoxy) is 1. The molecule has 27 heavy (non-hydrogen) atoms. The first-order chi connectivity index (χ1) is 13.0. The average molecular weight is 404 g/mol. The summed E-state index contributed by atoms with van der Waals surface area (Å²) in [6.07, 6.45) is 0. The van der Waals surface area contributed by atoms with E-state index in [-0.39, 0.29) is 11.7 Å². The van der Waals surface area contributed by atoms with Gasteiger partial charge in [-0.05, 0) is 37.3 Å². The van der Waals surface area contributed by atoms with Crippen molar-refractivity contribution in [3.05, 3.63) is 64.8 Å². The number of anilines is 1. The highest BCUT2D eigenvalue weighted by Gasteiger charge is 2.11. The number of aryl methyl sites for hydroxylation is 2. The minimum atomic E-state index is -0.170. The van der Waals surface area contributed by atoms with Gasteiger partial charge in [-0.3, -0.25) is 4.79 Å². The molecule has 0 bridgehead atoms. The topological polar surface area (TPSA) is 77.2 Å². The Kier molecular flexibility index (Phi) is 6.36. The van der Waals surface area contributed by atoms with Gasteiger partial charge in [0.1, 0.15) is 5.75 Å². The van der Waals surface area contributed by atoms with Crippen LogP contribution in [-0.2, 0) is 10.5 Å². The van der Waals surface area contributed by atoms with Crippen molar-refractivity contribution in [3.63, 3.8) is 0 Å². The van der Waals surface area contributed by atoms with Crippen molar-refractivity contribution >= 4 is 35.0 Å². The fourth-order valence-electron chi connectivity index (χ4n) is 2.24. The third kappa shape index (κ3) is 5.74. The minimum absolute atomic E-state index is 0.170. The molecule has 0 fully saturated rings. The van der Waals surface area contributed by atoms with Gasteiger partial charge >= 0.3 is 0 Å². The van der Waals surface area contributed by atoms with Crippen molar-refractivity contribution in [3.8, 4) is 11.5 Å². The third-order valence-corrected chi connectivity index (χ3v) is 4.66. The largest absolute Gasteiger partial charge is 0.455 e. The fraction of sp³-hybridized carbons (Fsp3) is 0.211. The number of carbonyl (C=O) groups excluding carboxylic acids is 1. The van der Waals surface area contributed by atoms with E-state index in [1.807, 2.05) is 31.2 Å². The van der Waals surface area contributed by atoms with Crippen molar-refractivity contribution in [1.29, 1.82) is 0 Å². The van der Waals surface area contributed by atoms with Gasteiger partial charge in [0.05, 0.1) is 17.2 Å². The van der Waals surface area contributed by atoms with Crippen LogP contribution >= 0.6 is 23.4 Å².